The van der Waals surface area contributed by atoms with Crippen LogP contribution in [0.2, 0.25) is 0 Å². The van der Waals surface area contributed by atoms with Crippen LogP contribution >= 0.6 is 15.9 Å². The summed E-state index contributed by atoms with van der Waals surface area (Å²) in [7, 11) is 0. The fraction of sp³-hybridized carbons (Fsp3) is 0.130. The topological polar surface area (TPSA) is 112 Å². The highest BCUT2D eigenvalue weighted by Crippen LogP contribution is 2.32. The number of ether oxygens (including phenoxy) is 3. The molecule has 0 bridgehead atoms. The molecular weight excluding hydrogens is 494 g/mol. The molecule has 0 aromatic heterocycles. The minimum Gasteiger partial charge on any atom is -0.488 e. The first-order chi connectivity index (χ1) is 16.0. The monoisotopic (exact) mass is 511 g/mol. The number of nitrogens with one attached hydrogen (secondary N) is 1. The smallest absolute Gasteiger partial charge is 0.269 e. The summed E-state index contributed by atoms with van der Waals surface area (Å²) in [5, 5.41) is 14.7. The van der Waals surface area contributed by atoms with Gasteiger partial charge in [0, 0.05) is 12.1 Å². The number of carbonyl (C=O) groups excluding carboxylic acids is 1. The van der Waals surface area contributed by atoms with Crippen molar-refractivity contribution in [3.63, 3.8) is 0 Å². The molecule has 0 unspecified atom stereocenters. The van der Waals surface area contributed by atoms with E-state index in [1.165, 1.54) is 18.3 Å². The molecule has 0 saturated carbocycles. The Hall–Kier alpha value is -3.92. The molecule has 0 aliphatic carbocycles. The van der Waals surface area contributed by atoms with Crippen LogP contribution in [0.3, 0.4) is 0 Å². The fourth-order valence-electron chi connectivity index (χ4n) is 3.04. The Morgan fingerprint density at radius 1 is 1.09 bits per heavy atom. The van der Waals surface area contributed by atoms with Crippen LogP contribution in [-0.2, 0) is 17.8 Å². The van der Waals surface area contributed by atoms with E-state index in [1.807, 2.05) is 6.07 Å². The van der Waals surface area contributed by atoms with Gasteiger partial charge in [0.2, 0.25) is 12.7 Å². The van der Waals surface area contributed by atoms with Crippen LogP contribution in [0.15, 0.2) is 70.2 Å². The number of nitrogens with zero attached hydrogens (tertiary/aromatic N) is 2. The predicted molar refractivity (Wildman–Crippen MR) is 124 cm³/mol. The third kappa shape index (κ3) is 5.86. The molecule has 0 spiro atoms. The predicted octanol–water partition coefficient (Wildman–Crippen LogP) is 4.36. The van der Waals surface area contributed by atoms with Gasteiger partial charge in [0.25, 0.3) is 5.69 Å². The maximum absolute atomic E-state index is 12.1. The molecule has 4 rings (SSSR count). The lowest BCUT2D eigenvalue weighted by atomic mass is 10.1. The average Bonchev–Trinajstić information content (AvgIpc) is 3.27. The van der Waals surface area contributed by atoms with Crippen LogP contribution in [0.4, 0.5) is 5.69 Å². The Balaban J connectivity index is 1.28. The van der Waals surface area contributed by atoms with Crippen molar-refractivity contribution in [3.05, 3.63) is 91.9 Å². The molecule has 9 nitrogen and oxygen atoms in total. The highest BCUT2D eigenvalue weighted by Gasteiger charge is 2.14. The number of carbonyl (C=O) groups is 1. The van der Waals surface area contributed by atoms with Crippen molar-refractivity contribution in [2.75, 3.05) is 6.79 Å². The van der Waals surface area contributed by atoms with E-state index in [2.05, 4.69) is 26.5 Å². The molecule has 1 aliphatic heterocycles. The van der Waals surface area contributed by atoms with Crippen molar-refractivity contribution in [1.82, 2.24) is 5.43 Å². The first-order valence-electron chi connectivity index (χ1n) is 9.84. The zero-order valence-electron chi connectivity index (χ0n) is 17.2. The van der Waals surface area contributed by atoms with Gasteiger partial charge in [-0.15, -0.1) is 0 Å². The largest absolute Gasteiger partial charge is 0.488 e. The Labute approximate surface area is 197 Å². The number of benzene rings is 3. The first kappa shape index (κ1) is 22.3. The van der Waals surface area contributed by atoms with Gasteiger partial charge in [-0.05, 0) is 75.1 Å². The molecule has 1 aliphatic rings. The van der Waals surface area contributed by atoms with Gasteiger partial charge in [0.05, 0.1) is 22.0 Å². The lowest BCUT2D eigenvalue weighted by molar-refractivity contribution is -0.384. The van der Waals surface area contributed by atoms with E-state index in [1.54, 1.807) is 42.5 Å². The molecule has 0 fully saturated rings. The average molecular weight is 512 g/mol. The third-order valence-electron chi connectivity index (χ3n) is 4.70. The number of halogens is 1. The van der Waals surface area contributed by atoms with E-state index in [9.17, 15) is 14.9 Å². The van der Waals surface area contributed by atoms with E-state index >= 15 is 0 Å². The highest BCUT2D eigenvalue weighted by atomic mass is 79.9. The fourth-order valence-corrected chi connectivity index (χ4v) is 3.56. The zero-order chi connectivity index (χ0) is 23.2. The maximum atomic E-state index is 12.1. The number of hydrogen-bond acceptors (Lipinski definition) is 7. The van der Waals surface area contributed by atoms with Crippen LogP contribution < -0.4 is 19.6 Å². The Kier molecular flexibility index (Phi) is 6.84. The summed E-state index contributed by atoms with van der Waals surface area (Å²) in [5.41, 5.74) is 4.90. The second-order valence-corrected chi connectivity index (χ2v) is 7.91. The lowest BCUT2D eigenvalue weighted by Crippen LogP contribution is -2.19. The summed E-state index contributed by atoms with van der Waals surface area (Å²) in [6.07, 6.45) is 1.69. The van der Waals surface area contributed by atoms with Crippen LogP contribution in [0.1, 0.15) is 16.7 Å². The van der Waals surface area contributed by atoms with Gasteiger partial charge in [-0.2, -0.15) is 5.10 Å². The van der Waals surface area contributed by atoms with Gasteiger partial charge in [-0.25, -0.2) is 5.43 Å². The molecule has 3 aromatic rings. The molecule has 1 heterocycles. The van der Waals surface area contributed by atoms with Gasteiger partial charge >= 0.3 is 0 Å². The molecule has 33 heavy (non-hydrogen) atoms. The SMILES string of the molecule is O=C(Cc1ccc2c(c1)OCO2)N/N=C\c1ccc(OCc2ccc([N+](=O)[O-])cc2)c(Br)c1. The van der Waals surface area contributed by atoms with Gasteiger partial charge in [-0.3, -0.25) is 14.9 Å². The van der Waals surface area contributed by atoms with Crippen molar-refractivity contribution in [2.45, 2.75) is 13.0 Å². The third-order valence-corrected chi connectivity index (χ3v) is 5.32. The number of hydrogen-bond donors (Lipinski definition) is 1. The molecule has 168 valence electrons. The second kappa shape index (κ2) is 10.1. The van der Waals surface area contributed by atoms with E-state index in [0.29, 0.717) is 21.7 Å². The van der Waals surface area contributed by atoms with Gasteiger partial charge in [-0.1, -0.05) is 6.07 Å². The quantitative estimate of drug-likeness (QED) is 0.273. The molecule has 3 aromatic carbocycles. The summed E-state index contributed by atoms with van der Waals surface area (Å²) >= 11 is 3.46. The number of fused-ring (bicyclic) bond motifs is 1. The zero-order valence-corrected chi connectivity index (χ0v) is 18.8. The molecular formula is C23H18BrN3O6. The number of amides is 1. The molecule has 1 N–H and O–H groups in total. The number of nitro groups is 1. The van der Waals surface area contributed by atoms with Gasteiger partial charge in [0.1, 0.15) is 12.4 Å². The molecule has 0 atom stereocenters. The first-order valence-corrected chi connectivity index (χ1v) is 10.6. The summed E-state index contributed by atoms with van der Waals surface area (Å²) in [5.74, 6) is 1.65. The van der Waals surface area contributed by atoms with Gasteiger partial charge in [0.15, 0.2) is 11.5 Å². The van der Waals surface area contributed by atoms with Crippen LogP contribution in [0, 0.1) is 10.1 Å². The number of rotatable bonds is 8. The number of hydrazone groups is 1. The molecule has 0 saturated heterocycles. The normalized spacial score (nSPS) is 12.0. The second-order valence-electron chi connectivity index (χ2n) is 7.06. The van der Waals surface area contributed by atoms with E-state index in [-0.39, 0.29) is 31.4 Å². The van der Waals surface area contributed by atoms with Crippen LogP contribution in [-0.4, -0.2) is 23.8 Å². The number of non-ortho nitro benzene ring substituents is 1. The Morgan fingerprint density at radius 2 is 1.85 bits per heavy atom. The van der Waals surface area contributed by atoms with Gasteiger partial charge < -0.3 is 14.2 Å². The maximum Gasteiger partial charge on any atom is 0.269 e. The Morgan fingerprint density at radius 3 is 2.61 bits per heavy atom. The van der Waals surface area contributed by atoms with Crippen molar-refractivity contribution in [2.24, 2.45) is 5.10 Å². The minimum absolute atomic E-state index is 0.0338. The van der Waals surface area contributed by atoms with E-state index in [0.717, 1.165) is 16.7 Å². The van der Waals surface area contributed by atoms with Crippen LogP contribution in [0.5, 0.6) is 17.2 Å². The van der Waals surface area contributed by atoms with Crippen molar-refractivity contribution < 1.29 is 23.9 Å². The summed E-state index contributed by atoms with van der Waals surface area (Å²) < 4.78 is 17.0. The minimum atomic E-state index is -0.443. The standard InChI is InChI=1S/C23H18BrN3O6/c24-19-9-17(4-7-20(19)31-13-15-1-5-18(6-2-15)27(29)30)12-25-26-23(28)11-16-3-8-21-22(10-16)33-14-32-21/h1-10,12H,11,13-14H2,(H,26,28)/b25-12-. The van der Waals surface area contributed by atoms with Crippen molar-refractivity contribution in [1.29, 1.82) is 0 Å². The number of nitro benzene ring substituents is 1. The Bertz CT molecular complexity index is 1210. The molecule has 10 heteroatoms. The summed E-state index contributed by atoms with van der Waals surface area (Å²) in [4.78, 5) is 22.4. The van der Waals surface area contributed by atoms with Crippen molar-refractivity contribution in [3.8, 4) is 17.2 Å². The molecule has 0 radical (unpaired) electrons. The van der Waals surface area contributed by atoms with E-state index < -0.39 is 4.92 Å². The van der Waals surface area contributed by atoms with E-state index in [4.69, 9.17) is 14.2 Å². The summed E-state index contributed by atoms with van der Waals surface area (Å²) in [6.45, 7) is 0.450. The van der Waals surface area contributed by atoms with Crippen LogP contribution in [0.25, 0.3) is 0 Å². The lowest BCUT2D eigenvalue weighted by Gasteiger charge is -2.09. The summed E-state index contributed by atoms with van der Waals surface area (Å²) in [6, 6.07) is 16.9. The van der Waals surface area contributed by atoms with Crippen molar-refractivity contribution >= 4 is 33.7 Å². The molecule has 1 amide bonds. The highest BCUT2D eigenvalue weighted by molar-refractivity contribution is 9.10.